The van der Waals surface area contributed by atoms with Gasteiger partial charge < -0.3 is 14.2 Å². The van der Waals surface area contributed by atoms with Crippen molar-refractivity contribution in [2.45, 2.75) is 44.2 Å². The van der Waals surface area contributed by atoms with Crippen molar-refractivity contribution in [1.82, 2.24) is 14.5 Å². The Morgan fingerprint density at radius 2 is 2.04 bits per heavy atom. The van der Waals surface area contributed by atoms with Crippen molar-refractivity contribution >= 4 is 16.9 Å². The summed E-state index contributed by atoms with van der Waals surface area (Å²) in [6, 6.07) is 7.73. The highest BCUT2D eigenvalue weighted by Crippen LogP contribution is 2.36. The first-order chi connectivity index (χ1) is 11.2. The van der Waals surface area contributed by atoms with Gasteiger partial charge in [-0.1, -0.05) is 12.1 Å². The molecular weight excluding hydrogens is 290 g/mol. The highest BCUT2D eigenvalue weighted by Gasteiger charge is 2.40. The van der Waals surface area contributed by atoms with E-state index in [1.54, 1.807) is 6.33 Å². The summed E-state index contributed by atoms with van der Waals surface area (Å²) in [5.41, 5.74) is 2.01. The molecule has 4 rings (SSSR count). The number of aromatic nitrogens is 2. The SMILES string of the molecule is C[C@H](C(=O)N1CCC2(CCCO2)CC1)n1cnc2ccccc21. The lowest BCUT2D eigenvalue weighted by atomic mass is 9.88. The summed E-state index contributed by atoms with van der Waals surface area (Å²) in [5, 5.41) is 0. The Hall–Kier alpha value is -1.88. The van der Waals surface area contributed by atoms with Crippen molar-refractivity contribution in [2.24, 2.45) is 0 Å². The fraction of sp³-hybridized carbons (Fsp3) is 0.556. The monoisotopic (exact) mass is 313 g/mol. The summed E-state index contributed by atoms with van der Waals surface area (Å²) >= 11 is 0. The first-order valence-corrected chi connectivity index (χ1v) is 8.53. The zero-order valence-corrected chi connectivity index (χ0v) is 13.6. The van der Waals surface area contributed by atoms with Gasteiger partial charge in [0.1, 0.15) is 6.04 Å². The Bertz CT molecular complexity index is 708. The van der Waals surface area contributed by atoms with Crippen molar-refractivity contribution in [1.29, 1.82) is 0 Å². The molecule has 1 amide bonds. The topological polar surface area (TPSA) is 47.4 Å². The van der Waals surface area contributed by atoms with E-state index in [0.717, 1.165) is 56.4 Å². The van der Waals surface area contributed by atoms with Crippen molar-refractivity contribution in [2.75, 3.05) is 19.7 Å². The normalized spacial score (nSPS) is 21.9. The predicted octanol–water partition coefficient (Wildman–Crippen LogP) is 2.77. The fourth-order valence-corrected chi connectivity index (χ4v) is 3.95. The van der Waals surface area contributed by atoms with E-state index in [0.29, 0.717) is 0 Å². The summed E-state index contributed by atoms with van der Waals surface area (Å²) in [6.07, 6.45) is 6.02. The Morgan fingerprint density at radius 1 is 1.26 bits per heavy atom. The minimum atomic E-state index is -0.221. The molecule has 0 N–H and O–H groups in total. The van der Waals surface area contributed by atoms with Gasteiger partial charge in [0.25, 0.3) is 0 Å². The molecule has 0 unspecified atom stereocenters. The smallest absolute Gasteiger partial charge is 0.245 e. The van der Waals surface area contributed by atoms with E-state index >= 15 is 0 Å². The summed E-state index contributed by atoms with van der Waals surface area (Å²) in [5.74, 6) is 0.181. The van der Waals surface area contributed by atoms with E-state index in [9.17, 15) is 4.79 Å². The number of likely N-dealkylation sites (tertiary alicyclic amines) is 1. The molecule has 2 aliphatic rings. The minimum Gasteiger partial charge on any atom is -0.375 e. The number of nitrogens with zero attached hydrogens (tertiary/aromatic N) is 3. The van der Waals surface area contributed by atoms with Gasteiger partial charge in [0.15, 0.2) is 0 Å². The van der Waals surface area contributed by atoms with E-state index in [4.69, 9.17) is 4.74 Å². The number of amides is 1. The average Bonchev–Trinajstić information content (AvgIpc) is 3.21. The molecule has 122 valence electrons. The van der Waals surface area contributed by atoms with Crippen LogP contribution in [0.1, 0.15) is 38.6 Å². The van der Waals surface area contributed by atoms with Gasteiger partial charge in [0.05, 0.1) is 23.0 Å². The standard InChI is InChI=1S/C18H23N3O2/c1-14(21-13-19-15-5-2-3-6-16(15)21)17(22)20-10-8-18(9-11-20)7-4-12-23-18/h2-3,5-6,13-14H,4,7-12H2,1H3/t14-/m1/s1. The molecule has 0 aliphatic carbocycles. The van der Waals surface area contributed by atoms with Crippen LogP contribution in [0.15, 0.2) is 30.6 Å². The number of carbonyl (C=O) groups excluding carboxylic acids is 1. The van der Waals surface area contributed by atoms with Crippen molar-refractivity contribution < 1.29 is 9.53 Å². The third-order valence-electron chi connectivity index (χ3n) is 5.43. The number of para-hydroxylation sites is 2. The Balaban J connectivity index is 1.48. The highest BCUT2D eigenvalue weighted by molar-refractivity contribution is 5.83. The zero-order chi connectivity index (χ0) is 15.9. The Morgan fingerprint density at radius 3 is 2.78 bits per heavy atom. The second-order valence-corrected chi connectivity index (χ2v) is 6.78. The third-order valence-corrected chi connectivity index (χ3v) is 5.43. The third kappa shape index (κ3) is 2.53. The molecule has 1 aromatic carbocycles. The number of ether oxygens (including phenoxy) is 1. The van der Waals surface area contributed by atoms with Crippen LogP contribution in [0.3, 0.4) is 0 Å². The molecule has 1 atom stereocenters. The van der Waals surface area contributed by atoms with Crippen LogP contribution in [0.4, 0.5) is 0 Å². The zero-order valence-electron chi connectivity index (χ0n) is 13.6. The van der Waals surface area contributed by atoms with Crippen LogP contribution in [0, 0.1) is 0 Å². The van der Waals surface area contributed by atoms with Crippen LogP contribution in [0.5, 0.6) is 0 Å². The molecule has 2 saturated heterocycles. The van der Waals surface area contributed by atoms with E-state index in [2.05, 4.69) is 4.98 Å². The molecule has 2 aromatic rings. The fourth-order valence-electron chi connectivity index (χ4n) is 3.95. The number of fused-ring (bicyclic) bond motifs is 1. The first-order valence-electron chi connectivity index (χ1n) is 8.53. The van der Waals surface area contributed by atoms with Gasteiger partial charge in [-0.25, -0.2) is 4.98 Å². The number of piperidine rings is 1. The average molecular weight is 313 g/mol. The first kappa shape index (κ1) is 14.7. The number of hydrogen-bond donors (Lipinski definition) is 0. The summed E-state index contributed by atoms with van der Waals surface area (Å²) in [4.78, 5) is 19.3. The molecule has 5 nitrogen and oxygen atoms in total. The quantitative estimate of drug-likeness (QED) is 0.856. The molecule has 23 heavy (non-hydrogen) atoms. The van der Waals surface area contributed by atoms with Crippen molar-refractivity contribution in [3.05, 3.63) is 30.6 Å². The molecule has 2 fully saturated rings. The molecule has 0 radical (unpaired) electrons. The van der Waals surface area contributed by atoms with Gasteiger partial charge in [-0.2, -0.15) is 0 Å². The van der Waals surface area contributed by atoms with Gasteiger partial charge in [-0.05, 0) is 44.7 Å². The summed E-state index contributed by atoms with van der Waals surface area (Å²) in [6.45, 7) is 4.45. The van der Waals surface area contributed by atoms with Gasteiger partial charge in [-0.15, -0.1) is 0 Å². The van der Waals surface area contributed by atoms with Crippen LogP contribution in [-0.2, 0) is 9.53 Å². The van der Waals surface area contributed by atoms with Crippen LogP contribution in [-0.4, -0.2) is 45.7 Å². The Kier molecular flexibility index (Phi) is 3.60. The summed E-state index contributed by atoms with van der Waals surface area (Å²) in [7, 11) is 0. The van der Waals surface area contributed by atoms with Gasteiger partial charge in [-0.3, -0.25) is 4.79 Å². The lowest BCUT2D eigenvalue weighted by Gasteiger charge is -2.39. The predicted molar refractivity (Wildman–Crippen MR) is 88.2 cm³/mol. The van der Waals surface area contributed by atoms with Gasteiger partial charge in [0, 0.05) is 19.7 Å². The van der Waals surface area contributed by atoms with Crippen LogP contribution < -0.4 is 0 Å². The maximum absolute atomic E-state index is 12.9. The van der Waals surface area contributed by atoms with E-state index < -0.39 is 0 Å². The molecule has 3 heterocycles. The van der Waals surface area contributed by atoms with Crippen LogP contribution in [0.2, 0.25) is 0 Å². The van der Waals surface area contributed by atoms with Crippen LogP contribution >= 0.6 is 0 Å². The molecule has 1 spiro atoms. The molecule has 2 aliphatic heterocycles. The number of carbonyl (C=O) groups is 1. The molecule has 0 saturated carbocycles. The number of rotatable bonds is 2. The highest BCUT2D eigenvalue weighted by atomic mass is 16.5. The van der Waals surface area contributed by atoms with Crippen molar-refractivity contribution in [3.8, 4) is 0 Å². The lowest BCUT2D eigenvalue weighted by molar-refractivity contribution is -0.139. The number of hydrogen-bond acceptors (Lipinski definition) is 3. The second-order valence-electron chi connectivity index (χ2n) is 6.78. The van der Waals surface area contributed by atoms with E-state index in [-0.39, 0.29) is 17.6 Å². The van der Waals surface area contributed by atoms with Gasteiger partial charge >= 0.3 is 0 Å². The molecule has 0 bridgehead atoms. The molecular formula is C18H23N3O2. The minimum absolute atomic E-state index is 0.0573. The van der Waals surface area contributed by atoms with E-state index in [1.807, 2.05) is 40.7 Å². The number of imidazole rings is 1. The number of benzene rings is 1. The van der Waals surface area contributed by atoms with Gasteiger partial charge in [0.2, 0.25) is 5.91 Å². The maximum Gasteiger partial charge on any atom is 0.245 e. The van der Waals surface area contributed by atoms with E-state index in [1.165, 1.54) is 0 Å². The summed E-state index contributed by atoms with van der Waals surface area (Å²) < 4.78 is 7.93. The molecule has 5 heteroatoms. The Labute approximate surface area is 136 Å². The largest absolute Gasteiger partial charge is 0.375 e. The maximum atomic E-state index is 12.9. The molecule has 1 aromatic heterocycles. The second kappa shape index (κ2) is 5.64. The lowest BCUT2D eigenvalue weighted by Crippen LogP contribution is -2.48. The van der Waals surface area contributed by atoms with Crippen LogP contribution in [0.25, 0.3) is 11.0 Å². The van der Waals surface area contributed by atoms with Crippen molar-refractivity contribution in [3.63, 3.8) is 0 Å².